The van der Waals surface area contributed by atoms with Gasteiger partial charge in [0.15, 0.2) is 6.29 Å². The van der Waals surface area contributed by atoms with E-state index in [1.807, 2.05) is 26.0 Å². The molecule has 0 unspecified atom stereocenters. The molecular formula is C14H19ClO4. The van der Waals surface area contributed by atoms with Crippen molar-refractivity contribution < 1.29 is 19.3 Å². The van der Waals surface area contributed by atoms with E-state index in [1.165, 1.54) is 0 Å². The first-order valence-corrected chi connectivity index (χ1v) is 6.81. The fourth-order valence-electron chi connectivity index (χ4n) is 2.04. The van der Waals surface area contributed by atoms with Crippen LogP contribution in [0.3, 0.4) is 0 Å². The lowest BCUT2D eigenvalue weighted by molar-refractivity contribution is -0.184. The van der Waals surface area contributed by atoms with Crippen LogP contribution >= 0.6 is 11.6 Å². The van der Waals surface area contributed by atoms with Crippen molar-refractivity contribution in [1.29, 1.82) is 0 Å². The Balaban J connectivity index is 2.28. The van der Waals surface area contributed by atoms with Gasteiger partial charge in [0.1, 0.15) is 5.60 Å². The Morgan fingerprint density at radius 3 is 2.42 bits per heavy atom. The van der Waals surface area contributed by atoms with Gasteiger partial charge in [0, 0.05) is 29.4 Å². The number of benzene rings is 1. The van der Waals surface area contributed by atoms with Gasteiger partial charge in [-0.15, -0.1) is 0 Å². The number of hydrogen-bond donors (Lipinski definition) is 1. The van der Waals surface area contributed by atoms with E-state index in [9.17, 15) is 5.11 Å². The van der Waals surface area contributed by atoms with Crippen LogP contribution in [0.5, 0.6) is 0 Å². The molecule has 0 aliphatic carbocycles. The Labute approximate surface area is 118 Å². The Morgan fingerprint density at radius 1 is 1.32 bits per heavy atom. The molecule has 5 heteroatoms. The molecule has 1 aromatic carbocycles. The summed E-state index contributed by atoms with van der Waals surface area (Å²) in [5.74, 6) is 0. The average molecular weight is 287 g/mol. The zero-order chi connectivity index (χ0) is 13.9. The van der Waals surface area contributed by atoms with Crippen LogP contribution in [0.4, 0.5) is 0 Å². The molecule has 2 rings (SSSR count). The molecule has 0 atom stereocenters. The minimum absolute atomic E-state index is 0.268. The molecular weight excluding hydrogens is 268 g/mol. The van der Waals surface area contributed by atoms with Crippen molar-refractivity contribution in [3.8, 4) is 0 Å². The van der Waals surface area contributed by atoms with Gasteiger partial charge >= 0.3 is 0 Å². The van der Waals surface area contributed by atoms with Crippen LogP contribution in [0.1, 0.15) is 31.3 Å². The maximum Gasteiger partial charge on any atom is 0.183 e. The predicted molar refractivity (Wildman–Crippen MR) is 72.2 cm³/mol. The lowest BCUT2D eigenvalue weighted by Gasteiger charge is -2.37. The van der Waals surface area contributed by atoms with Crippen LogP contribution < -0.4 is 0 Å². The third kappa shape index (κ3) is 3.09. The number of rotatable bonds is 6. The molecule has 0 radical (unpaired) electrons. The Morgan fingerprint density at radius 2 is 1.95 bits per heavy atom. The monoisotopic (exact) mass is 286 g/mol. The summed E-state index contributed by atoms with van der Waals surface area (Å²) in [5.41, 5.74) is 0.529. The molecule has 0 saturated carbocycles. The number of halogens is 1. The van der Waals surface area contributed by atoms with Crippen LogP contribution in [0, 0.1) is 0 Å². The fraction of sp³-hybridized carbons (Fsp3) is 0.571. The SMILES string of the molecule is CCOC(OCC)c1ccc(Cl)c(C2(O)COC2)c1. The van der Waals surface area contributed by atoms with Gasteiger partial charge in [0.05, 0.1) is 13.2 Å². The molecule has 0 bridgehead atoms. The Bertz CT molecular complexity index is 425. The lowest BCUT2D eigenvalue weighted by Crippen LogP contribution is -2.46. The smallest absolute Gasteiger partial charge is 0.183 e. The van der Waals surface area contributed by atoms with Gasteiger partial charge in [0.25, 0.3) is 0 Å². The van der Waals surface area contributed by atoms with E-state index in [-0.39, 0.29) is 13.2 Å². The van der Waals surface area contributed by atoms with Gasteiger partial charge in [-0.3, -0.25) is 0 Å². The van der Waals surface area contributed by atoms with Crippen molar-refractivity contribution in [1.82, 2.24) is 0 Å². The van der Waals surface area contributed by atoms with Crippen LogP contribution in [0.2, 0.25) is 5.02 Å². The van der Waals surface area contributed by atoms with Crippen molar-refractivity contribution in [2.24, 2.45) is 0 Å². The second-order valence-corrected chi connectivity index (χ2v) is 4.91. The zero-order valence-corrected chi connectivity index (χ0v) is 11.9. The second-order valence-electron chi connectivity index (χ2n) is 4.51. The zero-order valence-electron chi connectivity index (χ0n) is 11.2. The summed E-state index contributed by atoms with van der Waals surface area (Å²) in [4.78, 5) is 0. The highest BCUT2D eigenvalue weighted by molar-refractivity contribution is 6.31. The summed E-state index contributed by atoms with van der Waals surface area (Å²) < 4.78 is 16.2. The molecule has 1 saturated heterocycles. The van der Waals surface area contributed by atoms with E-state index < -0.39 is 11.9 Å². The summed E-state index contributed by atoms with van der Waals surface area (Å²) in [7, 11) is 0. The summed E-state index contributed by atoms with van der Waals surface area (Å²) in [6.45, 7) is 5.46. The van der Waals surface area contributed by atoms with Crippen LogP contribution in [-0.2, 0) is 19.8 Å². The van der Waals surface area contributed by atoms with Gasteiger partial charge in [-0.05, 0) is 26.0 Å². The molecule has 0 aromatic heterocycles. The molecule has 0 spiro atoms. The van der Waals surface area contributed by atoms with Crippen molar-refractivity contribution in [2.45, 2.75) is 25.7 Å². The third-order valence-corrected chi connectivity index (χ3v) is 3.41. The summed E-state index contributed by atoms with van der Waals surface area (Å²) in [5, 5.41) is 10.9. The first-order chi connectivity index (χ1) is 9.10. The van der Waals surface area contributed by atoms with Crippen molar-refractivity contribution >= 4 is 11.6 Å². The molecule has 1 aromatic rings. The van der Waals surface area contributed by atoms with E-state index in [2.05, 4.69) is 0 Å². The van der Waals surface area contributed by atoms with Crippen LogP contribution in [0.15, 0.2) is 18.2 Å². The molecule has 0 amide bonds. The maximum absolute atomic E-state index is 10.3. The summed E-state index contributed by atoms with van der Waals surface area (Å²) in [6, 6.07) is 5.44. The normalized spacial score (nSPS) is 17.5. The van der Waals surface area contributed by atoms with E-state index >= 15 is 0 Å². The topological polar surface area (TPSA) is 47.9 Å². The predicted octanol–water partition coefficient (Wildman–Crippen LogP) is 2.63. The van der Waals surface area contributed by atoms with E-state index in [4.69, 9.17) is 25.8 Å². The highest BCUT2D eigenvalue weighted by Crippen LogP contribution is 2.36. The van der Waals surface area contributed by atoms with E-state index in [0.29, 0.717) is 23.8 Å². The first kappa shape index (κ1) is 14.8. The Hall–Kier alpha value is -0.650. The quantitative estimate of drug-likeness (QED) is 0.817. The third-order valence-electron chi connectivity index (χ3n) is 3.08. The number of hydrogen-bond acceptors (Lipinski definition) is 4. The van der Waals surface area contributed by atoms with Gasteiger partial charge in [-0.2, -0.15) is 0 Å². The van der Waals surface area contributed by atoms with Gasteiger partial charge in [-0.25, -0.2) is 0 Å². The standard InChI is InChI=1S/C14H19ClO4/c1-3-18-13(19-4-2)10-5-6-12(15)11(7-10)14(16)8-17-9-14/h5-7,13,16H,3-4,8-9H2,1-2H3. The minimum Gasteiger partial charge on any atom is -0.380 e. The summed E-state index contributed by atoms with van der Waals surface area (Å²) in [6.07, 6.45) is -0.435. The second kappa shape index (κ2) is 6.20. The largest absolute Gasteiger partial charge is 0.380 e. The van der Waals surface area contributed by atoms with E-state index in [0.717, 1.165) is 5.56 Å². The van der Waals surface area contributed by atoms with Gasteiger partial charge < -0.3 is 19.3 Å². The number of ether oxygens (including phenoxy) is 3. The van der Waals surface area contributed by atoms with Gasteiger partial charge in [-0.1, -0.05) is 17.7 Å². The maximum atomic E-state index is 10.3. The van der Waals surface area contributed by atoms with Crippen LogP contribution in [0.25, 0.3) is 0 Å². The van der Waals surface area contributed by atoms with Crippen molar-refractivity contribution in [2.75, 3.05) is 26.4 Å². The highest BCUT2D eigenvalue weighted by atomic mass is 35.5. The Kier molecular flexibility index (Phi) is 4.81. The van der Waals surface area contributed by atoms with Crippen molar-refractivity contribution in [3.05, 3.63) is 34.3 Å². The molecule has 1 aliphatic heterocycles. The molecule has 1 aliphatic rings. The molecule has 4 nitrogen and oxygen atoms in total. The molecule has 1 fully saturated rings. The number of aliphatic hydroxyl groups is 1. The summed E-state index contributed by atoms with van der Waals surface area (Å²) >= 11 is 6.16. The van der Waals surface area contributed by atoms with Gasteiger partial charge in [0.2, 0.25) is 0 Å². The molecule has 1 N–H and O–H groups in total. The van der Waals surface area contributed by atoms with Crippen LogP contribution in [-0.4, -0.2) is 31.5 Å². The molecule has 106 valence electrons. The molecule has 19 heavy (non-hydrogen) atoms. The lowest BCUT2D eigenvalue weighted by atomic mass is 9.90. The highest BCUT2D eigenvalue weighted by Gasteiger charge is 2.40. The van der Waals surface area contributed by atoms with E-state index in [1.54, 1.807) is 6.07 Å². The minimum atomic E-state index is -0.990. The average Bonchev–Trinajstić information content (AvgIpc) is 2.36. The van der Waals surface area contributed by atoms with Crippen molar-refractivity contribution in [3.63, 3.8) is 0 Å². The molecule has 1 heterocycles. The fourth-order valence-corrected chi connectivity index (χ4v) is 2.33. The first-order valence-electron chi connectivity index (χ1n) is 6.44.